The second-order valence-electron chi connectivity index (χ2n) is 22.1. The van der Waals surface area contributed by atoms with Gasteiger partial charge in [0.2, 0.25) is 0 Å². The van der Waals surface area contributed by atoms with Crippen molar-refractivity contribution in [1.82, 2.24) is 0 Å². The van der Waals surface area contributed by atoms with Crippen LogP contribution in [0.3, 0.4) is 0 Å². The fraction of sp³-hybridized carbons (Fsp3) is 0.841. The molecule has 0 spiro atoms. The van der Waals surface area contributed by atoms with Crippen LogP contribution in [-0.2, 0) is 32.7 Å². The maximum Gasteiger partial charge on any atom is 0.306 e. The highest BCUT2D eigenvalue weighted by molar-refractivity contribution is 7.45. The quantitative estimate of drug-likeness (QED) is 0.0195. The van der Waals surface area contributed by atoms with Gasteiger partial charge >= 0.3 is 11.9 Å². The van der Waals surface area contributed by atoms with Gasteiger partial charge in [0, 0.05) is 12.8 Å². The highest BCUT2D eigenvalue weighted by atomic mass is 31.2. The third-order valence-electron chi connectivity index (χ3n) is 13.6. The van der Waals surface area contributed by atoms with Crippen LogP contribution in [0.1, 0.15) is 290 Å². The molecular formula is C63H118NO8P. The summed E-state index contributed by atoms with van der Waals surface area (Å²) in [5, 5.41) is 0. The van der Waals surface area contributed by atoms with Crippen molar-refractivity contribution >= 4 is 19.8 Å². The molecule has 0 saturated heterocycles. The number of rotatable bonds is 57. The third kappa shape index (κ3) is 59.1. The van der Waals surface area contributed by atoms with Crippen molar-refractivity contribution < 1.29 is 42.1 Å². The van der Waals surface area contributed by atoms with Gasteiger partial charge in [-0.25, -0.2) is 0 Å². The molecule has 0 N–H and O–H groups in total. The lowest BCUT2D eigenvalue weighted by atomic mass is 10.0. The van der Waals surface area contributed by atoms with E-state index >= 15 is 0 Å². The van der Waals surface area contributed by atoms with Crippen LogP contribution in [0.5, 0.6) is 0 Å². The van der Waals surface area contributed by atoms with Crippen molar-refractivity contribution in [2.24, 2.45) is 0 Å². The summed E-state index contributed by atoms with van der Waals surface area (Å²) in [6.07, 6.45) is 68.9. The summed E-state index contributed by atoms with van der Waals surface area (Å²) in [5.41, 5.74) is 0. The first-order valence-corrected chi connectivity index (χ1v) is 32.3. The Balaban J connectivity index is 4.03. The number of likely N-dealkylation sites (N-methyl/N-ethyl adjacent to an activating group) is 1. The van der Waals surface area contributed by atoms with E-state index in [2.05, 4.69) is 62.5 Å². The average molecular weight is 1050 g/mol. The molecule has 2 atom stereocenters. The number of carbonyl (C=O) groups excluding carboxylic acids is 2. The van der Waals surface area contributed by atoms with Gasteiger partial charge in [0.05, 0.1) is 27.7 Å². The monoisotopic (exact) mass is 1050 g/mol. The predicted molar refractivity (Wildman–Crippen MR) is 310 cm³/mol. The Bertz CT molecular complexity index is 1370. The molecule has 0 radical (unpaired) electrons. The van der Waals surface area contributed by atoms with Crippen molar-refractivity contribution in [2.75, 3.05) is 47.5 Å². The van der Waals surface area contributed by atoms with Crippen LogP contribution in [0.2, 0.25) is 0 Å². The second kappa shape index (κ2) is 54.7. The molecule has 0 saturated carbocycles. The van der Waals surface area contributed by atoms with Crippen LogP contribution >= 0.6 is 7.82 Å². The van der Waals surface area contributed by atoms with Crippen molar-refractivity contribution in [2.45, 2.75) is 296 Å². The van der Waals surface area contributed by atoms with E-state index in [0.29, 0.717) is 17.4 Å². The summed E-state index contributed by atoms with van der Waals surface area (Å²) >= 11 is 0. The second-order valence-corrected chi connectivity index (χ2v) is 23.5. The van der Waals surface area contributed by atoms with E-state index in [1.165, 1.54) is 186 Å². The van der Waals surface area contributed by atoms with Gasteiger partial charge in [-0.1, -0.05) is 249 Å². The molecule has 73 heavy (non-hydrogen) atoms. The highest BCUT2D eigenvalue weighted by Crippen LogP contribution is 2.38. The number of phosphoric ester groups is 1. The predicted octanol–water partition coefficient (Wildman–Crippen LogP) is 18.7. The first-order valence-electron chi connectivity index (χ1n) is 30.8. The molecule has 428 valence electrons. The lowest BCUT2D eigenvalue weighted by Gasteiger charge is -2.28. The highest BCUT2D eigenvalue weighted by Gasteiger charge is 2.22. The summed E-state index contributed by atoms with van der Waals surface area (Å²) < 4.78 is 34.2. The summed E-state index contributed by atoms with van der Waals surface area (Å²) in [7, 11) is 1.17. The number of esters is 2. The molecule has 0 amide bonds. The fourth-order valence-electron chi connectivity index (χ4n) is 8.78. The molecule has 0 heterocycles. The van der Waals surface area contributed by atoms with Gasteiger partial charge in [-0.15, -0.1) is 0 Å². The number of ether oxygens (including phenoxy) is 2. The van der Waals surface area contributed by atoms with E-state index < -0.39 is 26.5 Å². The molecule has 0 aromatic heterocycles. The smallest absolute Gasteiger partial charge is 0.306 e. The van der Waals surface area contributed by atoms with Gasteiger partial charge in [-0.3, -0.25) is 14.2 Å². The first kappa shape index (κ1) is 71.0. The SMILES string of the molecule is CCCCCCC/C=C\C/C=C\C/C=C\CCCCCCCCCCCCCCCCCCCCC(=O)OC(COC(=O)CCCCCCC/C=C\CCCCCCCCC)COP(=O)([O-])OCC[N+](C)(C)C. The molecule has 0 aliphatic carbocycles. The average Bonchev–Trinajstić information content (AvgIpc) is 3.35. The van der Waals surface area contributed by atoms with Crippen LogP contribution in [0.4, 0.5) is 0 Å². The zero-order chi connectivity index (χ0) is 53.5. The van der Waals surface area contributed by atoms with Gasteiger partial charge < -0.3 is 27.9 Å². The number of nitrogens with zero attached hydrogens (tertiary/aromatic N) is 1. The number of hydrogen-bond acceptors (Lipinski definition) is 8. The lowest BCUT2D eigenvalue weighted by Crippen LogP contribution is -2.37. The number of unbranched alkanes of at least 4 members (excludes halogenated alkanes) is 35. The maximum absolute atomic E-state index is 12.8. The lowest BCUT2D eigenvalue weighted by molar-refractivity contribution is -0.870. The van der Waals surface area contributed by atoms with E-state index in [-0.39, 0.29) is 32.0 Å². The van der Waals surface area contributed by atoms with Crippen molar-refractivity contribution in [3.8, 4) is 0 Å². The molecule has 0 bridgehead atoms. The van der Waals surface area contributed by atoms with E-state index in [0.717, 1.165) is 70.6 Å². The largest absolute Gasteiger partial charge is 0.756 e. The maximum atomic E-state index is 12.8. The molecule has 0 aliphatic rings. The van der Waals surface area contributed by atoms with Crippen molar-refractivity contribution in [1.29, 1.82) is 0 Å². The van der Waals surface area contributed by atoms with Gasteiger partial charge in [0.1, 0.15) is 19.8 Å². The van der Waals surface area contributed by atoms with Crippen LogP contribution in [0.25, 0.3) is 0 Å². The Kier molecular flexibility index (Phi) is 53.2. The minimum Gasteiger partial charge on any atom is -0.756 e. The molecule has 0 fully saturated rings. The number of hydrogen-bond donors (Lipinski definition) is 0. The molecule has 2 unspecified atom stereocenters. The van der Waals surface area contributed by atoms with E-state index in [4.69, 9.17) is 18.5 Å². The topological polar surface area (TPSA) is 111 Å². The summed E-state index contributed by atoms with van der Waals surface area (Å²) in [6, 6.07) is 0. The minimum absolute atomic E-state index is 0.0312. The number of carbonyl (C=O) groups is 2. The van der Waals surface area contributed by atoms with Gasteiger partial charge in [-0.2, -0.15) is 0 Å². The Hall–Kier alpha value is -2.03. The summed E-state index contributed by atoms with van der Waals surface area (Å²) in [4.78, 5) is 37.9. The molecule has 0 aromatic rings. The van der Waals surface area contributed by atoms with Gasteiger partial charge in [0.15, 0.2) is 6.10 Å². The van der Waals surface area contributed by atoms with E-state index in [1.807, 2.05) is 21.1 Å². The Labute approximate surface area is 452 Å². The molecular weight excluding hydrogens is 930 g/mol. The number of allylic oxidation sites excluding steroid dienone is 8. The summed E-state index contributed by atoms with van der Waals surface area (Å²) in [5.74, 6) is -0.832. The molecule has 0 aliphatic heterocycles. The minimum atomic E-state index is -4.64. The van der Waals surface area contributed by atoms with Crippen molar-refractivity contribution in [3.05, 3.63) is 48.6 Å². The number of phosphoric acid groups is 1. The number of quaternary nitrogens is 1. The van der Waals surface area contributed by atoms with Gasteiger partial charge in [-0.05, 0) is 77.0 Å². The Morgan fingerprint density at radius 3 is 1.11 bits per heavy atom. The van der Waals surface area contributed by atoms with Crippen LogP contribution in [0.15, 0.2) is 48.6 Å². The zero-order valence-corrected chi connectivity index (χ0v) is 49.5. The zero-order valence-electron chi connectivity index (χ0n) is 48.6. The summed E-state index contributed by atoms with van der Waals surface area (Å²) in [6.45, 7) is 4.25. The normalized spacial score (nSPS) is 13.6. The van der Waals surface area contributed by atoms with Crippen LogP contribution < -0.4 is 4.89 Å². The van der Waals surface area contributed by atoms with Gasteiger partial charge in [0.25, 0.3) is 7.82 Å². The van der Waals surface area contributed by atoms with Crippen molar-refractivity contribution in [3.63, 3.8) is 0 Å². The molecule has 0 aromatic carbocycles. The molecule has 0 rings (SSSR count). The third-order valence-corrected chi connectivity index (χ3v) is 14.5. The molecule has 10 heteroatoms. The standard InChI is InChI=1S/C63H118NO8P/c1-6-8-10-12-14-16-18-20-22-24-25-26-27-28-29-30-31-32-33-34-35-36-37-38-39-40-42-44-46-48-50-52-54-56-63(66)72-61(60-71-73(67,68)70-58-57-64(3,4)5)59-69-62(65)55-53-51-49-47-45-43-41-23-21-19-17-15-13-11-9-7-2/h18,20,23-25,27-28,41,61H,6-17,19,21-22,26,29-40,42-60H2,1-5H3/b20-18-,25-24-,28-27-,41-23-. The Morgan fingerprint density at radius 2 is 0.740 bits per heavy atom. The Morgan fingerprint density at radius 1 is 0.425 bits per heavy atom. The van der Waals surface area contributed by atoms with E-state index in [9.17, 15) is 19.0 Å². The van der Waals surface area contributed by atoms with E-state index in [1.54, 1.807) is 0 Å². The fourth-order valence-corrected chi connectivity index (χ4v) is 9.51. The van der Waals surface area contributed by atoms with Crippen LogP contribution in [-0.4, -0.2) is 70.0 Å². The molecule has 9 nitrogen and oxygen atoms in total. The first-order chi connectivity index (χ1) is 35.5. The van der Waals surface area contributed by atoms with Crippen LogP contribution in [0, 0.1) is 0 Å².